The number of hydrogen-bond donors (Lipinski definition) is 1. The molecule has 0 aromatic rings. The maximum absolute atomic E-state index is 11.5. The Kier molecular flexibility index (Phi) is 5.61. The molecular weight excluding hydrogens is 258 g/mol. The van der Waals surface area contributed by atoms with Gasteiger partial charge in [-0.05, 0) is 19.3 Å². The molecule has 1 fully saturated rings. The van der Waals surface area contributed by atoms with Crippen LogP contribution in [0.3, 0.4) is 0 Å². The van der Waals surface area contributed by atoms with Crippen LogP contribution in [0.2, 0.25) is 0 Å². The first-order valence-corrected chi connectivity index (χ1v) is 6.64. The molecule has 3 nitrogen and oxygen atoms in total. The van der Waals surface area contributed by atoms with Gasteiger partial charge in [-0.15, -0.1) is 0 Å². The smallest absolute Gasteiger partial charge is 0.233 e. The first-order chi connectivity index (χ1) is 7.19. The van der Waals surface area contributed by atoms with E-state index in [1.54, 1.807) is 0 Å². The summed E-state index contributed by atoms with van der Waals surface area (Å²) in [6.07, 6.45) is 3.26. The van der Waals surface area contributed by atoms with Crippen molar-refractivity contribution in [1.29, 1.82) is 0 Å². The van der Waals surface area contributed by atoms with Gasteiger partial charge in [0.2, 0.25) is 5.91 Å². The van der Waals surface area contributed by atoms with E-state index in [-0.39, 0.29) is 10.7 Å². The van der Waals surface area contributed by atoms with Gasteiger partial charge < -0.3 is 10.1 Å². The molecule has 4 heteroatoms. The number of hydrogen-bond acceptors (Lipinski definition) is 2. The minimum atomic E-state index is -0.0557. The van der Waals surface area contributed by atoms with Crippen LogP contribution in [0.25, 0.3) is 0 Å². The standard InChI is InChI=1S/C11H20BrNO2/c1-3-9(12)11(14)13-7-8-5-6-15-10(8)4-2/h8-10H,3-7H2,1-2H3,(H,13,14). The second kappa shape index (κ2) is 6.48. The van der Waals surface area contributed by atoms with Crippen molar-refractivity contribution in [1.82, 2.24) is 5.32 Å². The van der Waals surface area contributed by atoms with Crippen LogP contribution in [0, 0.1) is 5.92 Å². The third-order valence-corrected chi connectivity index (χ3v) is 3.99. The maximum Gasteiger partial charge on any atom is 0.233 e. The first kappa shape index (κ1) is 13.0. The fourth-order valence-corrected chi connectivity index (χ4v) is 2.07. The van der Waals surface area contributed by atoms with Gasteiger partial charge in [0.25, 0.3) is 0 Å². The lowest BCUT2D eigenvalue weighted by atomic mass is 10.00. The lowest BCUT2D eigenvalue weighted by Gasteiger charge is -2.18. The molecule has 1 aliphatic rings. The normalized spacial score (nSPS) is 27.7. The topological polar surface area (TPSA) is 38.3 Å². The molecule has 15 heavy (non-hydrogen) atoms. The number of alkyl halides is 1. The highest BCUT2D eigenvalue weighted by Crippen LogP contribution is 2.22. The van der Waals surface area contributed by atoms with E-state index in [0.717, 1.165) is 32.4 Å². The average molecular weight is 278 g/mol. The number of carbonyl (C=O) groups is 1. The second-order valence-electron chi connectivity index (χ2n) is 3.99. The van der Waals surface area contributed by atoms with Gasteiger partial charge in [-0.1, -0.05) is 29.8 Å². The highest BCUT2D eigenvalue weighted by Gasteiger charge is 2.27. The van der Waals surface area contributed by atoms with Crippen LogP contribution in [-0.4, -0.2) is 30.0 Å². The van der Waals surface area contributed by atoms with Crippen LogP contribution in [0.4, 0.5) is 0 Å². The number of rotatable bonds is 5. The van der Waals surface area contributed by atoms with Crippen molar-refractivity contribution >= 4 is 21.8 Å². The molecule has 0 saturated carbocycles. The molecule has 1 amide bonds. The molecule has 0 spiro atoms. The summed E-state index contributed by atoms with van der Waals surface area (Å²) in [5.41, 5.74) is 0. The Hall–Kier alpha value is -0.0900. The molecule has 1 heterocycles. The van der Waals surface area contributed by atoms with E-state index in [4.69, 9.17) is 4.74 Å². The second-order valence-corrected chi connectivity index (χ2v) is 5.09. The molecule has 0 aromatic carbocycles. The Morgan fingerprint density at radius 2 is 2.33 bits per heavy atom. The van der Waals surface area contributed by atoms with E-state index in [0.29, 0.717) is 12.0 Å². The summed E-state index contributed by atoms with van der Waals surface area (Å²) in [5, 5.41) is 2.97. The summed E-state index contributed by atoms with van der Waals surface area (Å²) in [5.74, 6) is 0.592. The molecule has 1 N–H and O–H groups in total. The molecule has 1 aliphatic heterocycles. The Morgan fingerprint density at radius 3 is 2.93 bits per heavy atom. The van der Waals surface area contributed by atoms with E-state index in [1.165, 1.54) is 0 Å². The summed E-state index contributed by atoms with van der Waals surface area (Å²) < 4.78 is 5.57. The number of ether oxygens (including phenoxy) is 1. The quantitative estimate of drug-likeness (QED) is 0.782. The molecule has 0 radical (unpaired) electrons. The highest BCUT2D eigenvalue weighted by atomic mass is 79.9. The maximum atomic E-state index is 11.5. The van der Waals surface area contributed by atoms with Crippen LogP contribution in [0.15, 0.2) is 0 Å². The number of nitrogens with one attached hydrogen (secondary N) is 1. The molecule has 0 bridgehead atoms. The van der Waals surface area contributed by atoms with Gasteiger partial charge in [0, 0.05) is 19.1 Å². The van der Waals surface area contributed by atoms with E-state index in [9.17, 15) is 4.79 Å². The molecule has 88 valence electrons. The van der Waals surface area contributed by atoms with Crippen molar-refractivity contribution in [2.24, 2.45) is 5.92 Å². The predicted octanol–water partition coefficient (Wildman–Crippen LogP) is 2.09. The fraction of sp³-hybridized carbons (Fsp3) is 0.909. The van der Waals surface area contributed by atoms with Crippen molar-refractivity contribution in [3.8, 4) is 0 Å². The fourth-order valence-electron chi connectivity index (χ4n) is 1.91. The molecule has 3 unspecified atom stereocenters. The average Bonchev–Trinajstić information content (AvgIpc) is 2.71. The zero-order valence-corrected chi connectivity index (χ0v) is 11.0. The summed E-state index contributed by atoms with van der Waals surface area (Å²) >= 11 is 3.34. The lowest BCUT2D eigenvalue weighted by molar-refractivity contribution is -0.120. The Bertz CT molecular complexity index is 211. The number of amides is 1. The van der Waals surface area contributed by atoms with Crippen LogP contribution >= 0.6 is 15.9 Å². The SMILES string of the molecule is CCC(Br)C(=O)NCC1CCOC1CC. The third-order valence-electron chi connectivity index (χ3n) is 2.93. The van der Waals surface area contributed by atoms with Crippen molar-refractivity contribution in [2.75, 3.05) is 13.2 Å². The van der Waals surface area contributed by atoms with E-state index in [1.807, 2.05) is 6.92 Å². The molecule has 0 aliphatic carbocycles. The summed E-state index contributed by atoms with van der Waals surface area (Å²) in [4.78, 5) is 11.5. The van der Waals surface area contributed by atoms with Gasteiger partial charge in [0.1, 0.15) is 0 Å². The van der Waals surface area contributed by atoms with Crippen molar-refractivity contribution < 1.29 is 9.53 Å². The van der Waals surface area contributed by atoms with Crippen molar-refractivity contribution in [2.45, 2.75) is 44.0 Å². The van der Waals surface area contributed by atoms with Gasteiger partial charge >= 0.3 is 0 Å². The van der Waals surface area contributed by atoms with Gasteiger partial charge in [-0.3, -0.25) is 4.79 Å². The molecule has 1 rings (SSSR count). The van der Waals surface area contributed by atoms with Crippen LogP contribution in [0.1, 0.15) is 33.1 Å². The zero-order chi connectivity index (χ0) is 11.3. The Labute approximate surface area is 100 Å². The van der Waals surface area contributed by atoms with Gasteiger partial charge in [0.15, 0.2) is 0 Å². The van der Waals surface area contributed by atoms with Gasteiger partial charge in [0.05, 0.1) is 10.9 Å². The monoisotopic (exact) mass is 277 g/mol. The van der Waals surface area contributed by atoms with Crippen molar-refractivity contribution in [3.05, 3.63) is 0 Å². The molecule has 0 aromatic heterocycles. The zero-order valence-electron chi connectivity index (χ0n) is 9.46. The lowest BCUT2D eigenvalue weighted by Crippen LogP contribution is -2.36. The number of carbonyl (C=O) groups excluding carboxylic acids is 1. The largest absolute Gasteiger partial charge is 0.378 e. The molecule has 1 saturated heterocycles. The van der Waals surface area contributed by atoms with Crippen LogP contribution in [-0.2, 0) is 9.53 Å². The highest BCUT2D eigenvalue weighted by molar-refractivity contribution is 9.10. The minimum absolute atomic E-state index is 0.0557. The predicted molar refractivity (Wildman–Crippen MR) is 64.2 cm³/mol. The first-order valence-electron chi connectivity index (χ1n) is 5.72. The van der Waals surface area contributed by atoms with E-state index < -0.39 is 0 Å². The summed E-state index contributed by atoms with van der Waals surface area (Å²) in [6.45, 7) is 5.71. The van der Waals surface area contributed by atoms with Crippen molar-refractivity contribution in [3.63, 3.8) is 0 Å². The molecular formula is C11H20BrNO2. The van der Waals surface area contributed by atoms with E-state index in [2.05, 4.69) is 28.2 Å². The minimum Gasteiger partial charge on any atom is -0.378 e. The molecule has 3 atom stereocenters. The van der Waals surface area contributed by atoms with Crippen LogP contribution < -0.4 is 5.32 Å². The Morgan fingerprint density at radius 1 is 1.60 bits per heavy atom. The Balaban J connectivity index is 2.27. The van der Waals surface area contributed by atoms with Crippen LogP contribution in [0.5, 0.6) is 0 Å². The number of halogens is 1. The summed E-state index contributed by atoms with van der Waals surface area (Å²) in [7, 11) is 0. The van der Waals surface area contributed by atoms with Gasteiger partial charge in [-0.25, -0.2) is 0 Å². The van der Waals surface area contributed by atoms with E-state index >= 15 is 0 Å². The third kappa shape index (κ3) is 3.76. The summed E-state index contributed by atoms with van der Waals surface area (Å²) in [6, 6.07) is 0. The van der Waals surface area contributed by atoms with Gasteiger partial charge in [-0.2, -0.15) is 0 Å².